The largest absolute Gasteiger partial charge is 0.489 e. The predicted octanol–water partition coefficient (Wildman–Crippen LogP) is 5.20. The van der Waals surface area contributed by atoms with Crippen molar-refractivity contribution in [2.24, 2.45) is 0 Å². The molecular weight excluding hydrogens is 501 g/mol. The lowest BCUT2D eigenvalue weighted by Gasteiger charge is -2.29. The number of hydrogen-bond donors (Lipinski definition) is 1. The average Bonchev–Trinajstić information content (AvgIpc) is 3.46. The van der Waals surface area contributed by atoms with Crippen molar-refractivity contribution in [3.63, 3.8) is 0 Å². The molecule has 0 aliphatic carbocycles. The fourth-order valence-corrected chi connectivity index (χ4v) is 6.47. The quantitative estimate of drug-likeness (QED) is 0.409. The van der Waals surface area contributed by atoms with E-state index < -0.39 is 17.0 Å². The molecule has 0 aromatic heterocycles. The van der Waals surface area contributed by atoms with Crippen molar-refractivity contribution in [1.29, 1.82) is 0 Å². The Morgan fingerprint density at radius 3 is 2.50 bits per heavy atom. The molecule has 38 heavy (non-hydrogen) atoms. The maximum atomic E-state index is 13.3. The van der Waals surface area contributed by atoms with E-state index in [1.54, 1.807) is 4.31 Å². The summed E-state index contributed by atoms with van der Waals surface area (Å²) >= 11 is 0. The molecule has 2 fully saturated rings. The molecule has 0 spiro atoms. The summed E-state index contributed by atoms with van der Waals surface area (Å²) in [4.78, 5) is 15.9. The van der Waals surface area contributed by atoms with Gasteiger partial charge >= 0.3 is 0 Å². The minimum atomic E-state index is -1.51. The van der Waals surface area contributed by atoms with E-state index in [-0.39, 0.29) is 11.7 Å². The SMILES string of the molecule is O=C(NCc1cccc(OCc2cccc(N3CCCCC3)c2)c1)C1CCCN1S(=O)c1ccc(F)cc1. The predicted molar refractivity (Wildman–Crippen MR) is 148 cm³/mol. The van der Waals surface area contributed by atoms with Crippen LogP contribution in [-0.4, -0.2) is 40.1 Å². The van der Waals surface area contributed by atoms with Crippen LogP contribution in [0.5, 0.6) is 5.75 Å². The molecule has 2 aliphatic heterocycles. The molecule has 2 atom stereocenters. The molecule has 2 aliphatic rings. The van der Waals surface area contributed by atoms with Crippen molar-refractivity contribution in [3.05, 3.63) is 89.7 Å². The molecule has 2 saturated heterocycles. The third kappa shape index (κ3) is 6.60. The number of halogens is 1. The molecule has 5 rings (SSSR count). The Morgan fingerprint density at radius 1 is 0.921 bits per heavy atom. The average molecular weight is 536 g/mol. The van der Waals surface area contributed by atoms with E-state index in [0.29, 0.717) is 31.0 Å². The first-order valence-electron chi connectivity index (χ1n) is 13.3. The number of anilines is 1. The number of carbonyl (C=O) groups is 1. The Kier molecular flexibility index (Phi) is 8.71. The van der Waals surface area contributed by atoms with Crippen LogP contribution in [0, 0.1) is 5.82 Å². The van der Waals surface area contributed by atoms with E-state index in [4.69, 9.17) is 4.74 Å². The summed E-state index contributed by atoms with van der Waals surface area (Å²) in [6.45, 7) is 3.61. The highest BCUT2D eigenvalue weighted by Crippen LogP contribution is 2.25. The molecule has 3 aromatic carbocycles. The second kappa shape index (κ2) is 12.5. The normalized spacial score (nSPS) is 18.8. The summed E-state index contributed by atoms with van der Waals surface area (Å²) < 4.78 is 34.0. The number of rotatable bonds is 9. The third-order valence-corrected chi connectivity index (χ3v) is 8.68. The van der Waals surface area contributed by atoms with Gasteiger partial charge in [-0.1, -0.05) is 24.3 Å². The molecule has 3 aromatic rings. The molecule has 0 bridgehead atoms. The number of amides is 1. The summed E-state index contributed by atoms with van der Waals surface area (Å²) in [5.41, 5.74) is 3.31. The van der Waals surface area contributed by atoms with Crippen LogP contribution in [0.3, 0.4) is 0 Å². The van der Waals surface area contributed by atoms with Gasteiger partial charge in [0.25, 0.3) is 0 Å². The molecule has 1 N–H and O–H groups in total. The Hall–Kier alpha value is -3.23. The van der Waals surface area contributed by atoms with Crippen LogP contribution in [0.4, 0.5) is 10.1 Å². The van der Waals surface area contributed by atoms with Gasteiger partial charge < -0.3 is 15.0 Å². The second-order valence-electron chi connectivity index (χ2n) is 9.87. The molecule has 0 saturated carbocycles. The first-order valence-corrected chi connectivity index (χ1v) is 14.4. The Morgan fingerprint density at radius 2 is 1.68 bits per heavy atom. The van der Waals surface area contributed by atoms with Gasteiger partial charge in [-0.25, -0.2) is 12.9 Å². The smallest absolute Gasteiger partial charge is 0.238 e. The monoisotopic (exact) mass is 535 g/mol. The van der Waals surface area contributed by atoms with Crippen LogP contribution in [-0.2, 0) is 28.9 Å². The van der Waals surface area contributed by atoms with Gasteiger partial charge in [-0.05, 0) is 91.8 Å². The van der Waals surface area contributed by atoms with Crippen molar-refractivity contribution in [2.45, 2.75) is 56.2 Å². The van der Waals surface area contributed by atoms with Crippen LogP contribution in [0.2, 0.25) is 0 Å². The highest BCUT2D eigenvalue weighted by molar-refractivity contribution is 7.82. The van der Waals surface area contributed by atoms with Gasteiger partial charge in [0, 0.05) is 31.9 Å². The Labute approximate surface area is 226 Å². The molecule has 0 radical (unpaired) electrons. The van der Waals surface area contributed by atoms with E-state index in [1.165, 1.54) is 49.2 Å². The Bertz CT molecular complexity index is 1260. The van der Waals surface area contributed by atoms with Crippen LogP contribution >= 0.6 is 0 Å². The molecule has 1 amide bonds. The standard InChI is InChI=1S/C30H34FN3O3S/c31-25-12-14-28(15-13-25)38(36)34-18-6-11-29(34)30(35)32-21-23-7-5-10-27(20-23)37-22-24-8-4-9-26(19-24)33-16-2-1-3-17-33/h4-5,7-10,12-15,19-20,29H,1-3,6,11,16-18,21-22H2,(H,32,35). The number of nitrogens with one attached hydrogen (secondary N) is 1. The fourth-order valence-electron chi connectivity index (χ4n) is 5.10. The number of carbonyl (C=O) groups excluding carboxylic acids is 1. The number of nitrogens with zero attached hydrogens (tertiary/aromatic N) is 2. The number of ether oxygens (including phenoxy) is 1. The van der Waals surface area contributed by atoms with Crippen molar-refractivity contribution in [1.82, 2.24) is 9.62 Å². The summed E-state index contributed by atoms with van der Waals surface area (Å²) in [7, 11) is -1.51. The molecule has 2 unspecified atom stereocenters. The zero-order valence-corrected chi connectivity index (χ0v) is 22.3. The van der Waals surface area contributed by atoms with Gasteiger partial charge in [-0.3, -0.25) is 4.79 Å². The van der Waals surface area contributed by atoms with E-state index >= 15 is 0 Å². The zero-order chi connectivity index (χ0) is 26.3. The molecule has 200 valence electrons. The van der Waals surface area contributed by atoms with Crippen LogP contribution in [0.1, 0.15) is 43.2 Å². The van der Waals surface area contributed by atoms with E-state index in [0.717, 1.165) is 36.4 Å². The van der Waals surface area contributed by atoms with Gasteiger partial charge in [-0.15, -0.1) is 0 Å². The van der Waals surface area contributed by atoms with Crippen LogP contribution in [0.15, 0.2) is 77.7 Å². The number of piperidine rings is 1. The summed E-state index contributed by atoms with van der Waals surface area (Å²) in [5.74, 6) is 0.220. The first-order chi connectivity index (χ1) is 18.6. The topological polar surface area (TPSA) is 61.9 Å². The lowest BCUT2D eigenvalue weighted by molar-refractivity contribution is -0.124. The van der Waals surface area contributed by atoms with Crippen LogP contribution in [0.25, 0.3) is 0 Å². The van der Waals surface area contributed by atoms with Crippen molar-refractivity contribution in [2.75, 3.05) is 24.5 Å². The fraction of sp³-hybridized carbons (Fsp3) is 0.367. The van der Waals surface area contributed by atoms with Gasteiger partial charge in [0.2, 0.25) is 5.91 Å². The van der Waals surface area contributed by atoms with E-state index in [2.05, 4.69) is 34.5 Å². The van der Waals surface area contributed by atoms with Crippen molar-refractivity contribution in [3.8, 4) is 5.75 Å². The lowest BCUT2D eigenvalue weighted by atomic mass is 10.1. The molecule has 8 heteroatoms. The van der Waals surface area contributed by atoms with Crippen molar-refractivity contribution < 1.29 is 18.1 Å². The van der Waals surface area contributed by atoms with Gasteiger partial charge in [0.1, 0.15) is 35.2 Å². The number of hydrogen-bond acceptors (Lipinski definition) is 4. The summed E-state index contributed by atoms with van der Waals surface area (Å²) in [5, 5.41) is 3.00. The van der Waals surface area contributed by atoms with Gasteiger partial charge in [-0.2, -0.15) is 0 Å². The van der Waals surface area contributed by atoms with E-state index in [9.17, 15) is 13.4 Å². The third-order valence-electron chi connectivity index (χ3n) is 7.14. The minimum Gasteiger partial charge on any atom is -0.489 e. The maximum Gasteiger partial charge on any atom is 0.238 e. The first kappa shape index (κ1) is 26.4. The maximum absolute atomic E-state index is 13.3. The summed E-state index contributed by atoms with van der Waals surface area (Å²) in [6.07, 6.45) is 5.22. The highest BCUT2D eigenvalue weighted by Gasteiger charge is 2.34. The van der Waals surface area contributed by atoms with Gasteiger partial charge in [0.05, 0.1) is 4.90 Å². The summed E-state index contributed by atoms with van der Waals surface area (Å²) in [6, 6.07) is 21.4. The van der Waals surface area contributed by atoms with Crippen molar-refractivity contribution >= 4 is 22.6 Å². The second-order valence-corrected chi connectivity index (χ2v) is 11.3. The number of benzene rings is 3. The van der Waals surface area contributed by atoms with Gasteiger partial charge in [0.15, 0.2) is 0 Å². The minimum absolute atomic E-state index is 0.154. The highest BCUT2D eigenvalue weighted by atomic mass is 32.2. The zero-order valence-electron chi connectivity index (χ0n) is 21.5. The van der Waals surface area contributed by atoms with Crippen LogP contribution < -0.4 is 15.0 Å². The van der Waals surface area contributed by atoms with E-state index in [1.807, 2.05) is 24.3 Å². The molecule has 2 heterocycles. The Balaban J connectivity index is 1.15. The molecule has 6 nitrogen and oxygen atoms in total. The molecular formula is C30H34FN3O3S. The lowest BCUT2D eigenvalue weighted by Crippen LogP contribution is -2.43.